The van der Waals surface area contributed by atoms with E-state index in [0.29, 0.717) is 28.4 Å². The number of H-pyrrole nitrogens is 1. The van der Waals surface area contributed by atoms with Crippen molar-refractivity contribution in [1.29, 1.82) is 0 Å². The van der Waals surface area contributed by atoms with Crippen molar-refractivity contribution in [2.75, 3.05) is 28.8 Å². The second-order valence-electron chi connectivity index (χ2n) is 9.19. The van der Waals surface area contributed by atoms with Crippen LogP contribution in [-0.2, 0) is 16.1 Å². The number of aromatic amines is 1. The molecule has 0 fully saturated rings. The molecule has 1 aliphatic heterocycles. The van der Waals surface area contributed by atoms with Gasteiger partial charge in [0.25, 0.3) is 5.91 Å². The Kier molecular flexibility index (Phi) is 8.93. The number of carbonyl (C=O) groups excluding carboxylic acids is 3. The Balaban J connectivity index is 1.45. The molecular weight excluding hydrogens is 559 g/mol. The van der Waals surface area contributed by atoms with E-state index >= 15 is 4.39 Å². The summed E-state index contributed by atoms with van der Waals surface area (Å²) in [5.74, 6) is -0.911. The monoisotopic (exact) mass is 586 g/mol. The van der Waals surface area contributed by atoms with E-state index in [4.69, 9.17) is 4.74 Å². The van der Waals surface area contributed by atoms with Gasteiger partial charge in [0.15, 0.2) is 0 Å². The Morgan fingerprint density at radius 3 is 2.62 bits per heavy atom. The van der Waals surface area contributed by atoms with Crippen molar-refractivity contribution in [3.63, 3.8) is 0 Å². The smallest absolute Gasteiger partial charge is 0.338 e. The summed E-state index contributed by atoms with van der Waals surface area (Å²) in [6.45, 7) is 0.373. The molecule has 4 aromatic rings. The van der Waals surface area contributed by atoms with Crippen LogP contribution in [0, 0.1) is 5.82 Å². The number of fused-ring (bicyclic) bond motifs is 1. The van der Waals surface area contributed by atoms with Gasteiger partial charge in [-0.15, -0.1) is 0 Å². The highest BCUT2D eigenvalue weighted by molar-refractivity contribution is 7.98. The Labute approximate surface area is 245 Å². The molecule has 2 heterocycles. The number of aromatic nitrogens is 2. The number of anilines is 2. The standard InChI is InChI=1S/C30H27FN6O4S/c1-42-14-13-41-29(39)19-7-6-8-20(15-19)34-30(40)36-27-28(38)37(17-21-16-32-18-33-21)25-12-5-3-10-23(25)26(35-27)22-9-2-4-11-24(22)31/h2-12,15-16,18,27H,13-14,17H2,1H3,(H,32,33)(H2,34,36,40)/t27-/m0/s1. The number of carbonyl (C=O) groups is 3. The molecule has 0 saturated carbocycles. The molecule has 12 heteroatoms. The highest BCUT2D eigenvalue weighted by Gasteiger charge is 2.34. The van der Waals surface area contributed by atoms with Crippen LogP contribution in [0.3, 0.4) is 0 Å². The summed E-state index contributed by atoms with van der Waals surface area (Å²) in [7, 11) is 0. The number of nitrogens with zero attached hydrogens (tertiary/aromatic N) is 3. The zero-order valence-electron chi connectivity index (χ0n) is 22.5. The summed E-state index contributed by atoms with van der Waals surface area (Å²) in [6.07, 6.45) is 3.60. The first-order chi connectivity index (χ1) is 20.4. The number of ether oxygens (including phenoxy) is 1. The second kappa shape index (κ2) is 13.1. The molecule has 3 amide bonds. The number of nitrogens with one attached hydrogen (secondary N) is 3. The van der Waals surface area contributed by atoms with Crippen LogP contribution in [-0.4, -0.2) is 58.4 Å². The van der Waals surface area contributed by atoms with Gasteiger partial charge in [-0.1, -0.05) is 36.4 Å². The van der Waals surface area contributed by atoms with Crippen molar-refractivity contribution in [3.05, 3.63) is 114 Å². The van der Waals surface area contributed by atoms with Gasteiger partial charge in [-0.2, -0.15) is 11.8 Å². The van der Waals surface area contributed by atoms with Crippen molar-refractivity contribution in [2.45, 2.75) is 12.7 Å². The van der Waals surface area contributed by atoms with Crippen LogP contribution in [0.5, 0.6) is 0 Å². The highest BCUT2D eigenvalue weighted by Crippen LogP contribution is 2.30. The molecule has 0 bridgehead atoms. The molecule has 1 aromatic heterocycles. The number of benzene rings is 3. The number of para-hydroxylation sites is 1. The number of hydrogen-bond acceptors (Lipinski definition) is 7. The van der Waals surface area contributed by atoms with E-state index in [1.807, 2.05) is 6.26 Å². The average Bonchev–Trinajstić information content (AvgIpc) is 3.48. The number of hydrogen-bond donors (Lipinski definition) is 3. The third kappa shape index (κ3) is 6.50. The van der Waals surface area contributed by atoms with Gasteiger partial charge in [-0.05, 0) is 42.7 Å². The maximum absolute atomic E-state index is 15.0. The SMILES string of the molecule is CSCCOC(=O)c1cccc(NC(=O)N[C@@H]2N=C(c3ccccc3F)c3ccccc3N(Cc3cnc[nH]3)C2=O)c1. The van der Waals surface area contributed by atoms with Gasteiger partial charge in [0.05, 0.1) is 35.5 Å². The van der Waals surface area contributed by atoms with Crippen LogP contribution in [0.15, 0.2) is 90.3 Å². The molecule has 10 nitrogen and oxygen atoms in total. The summed E-state index contributed by atoms with van der Waals surface area (Å²) in [5, 5.41) is 5.26. The first-order valence-corrected chi connectivity index (χ1v) is 14.4. The Morgan fingerprint density at radius 2 is 1.86 bits per heavy atom. The number of esters is 1. The summed E-state index contributed by atoms with van der Waals surface area (Å²) in [6, 6.07) is 18.7. The fourth-order valence-electron chi connectivity index (χ4n) is 4.41. The van der Waals surface area contributed by atoms with Gasteiger partial charge in [0.1, 0.15) is 12.4 Å². The van der Waals surface area contributed by atoms with E-state index in [0.717, 1.165) is 0 Å². The second-order valence-corrected chi connectivity index (χ2v) is 10.2. The van der Waals surface area contributed by atoms with Crippen molar-refractivity contribution in [2.24, 2.45) is 4.99 Å². The number of amides is 3. The van der Waals surface area contributed by atoms with Gasteiger partial charge in [-0.3, -0.25) is 4.79 Å². The summed E-state index contributed by atoms with van der Waals surface area (Å²) >= 11 is 1.56. The molecule has 0 spiro atoms. The minimum Gasteiger partial charge on any atom is -0.461 e. The molecule has 0 radical (unpaired) electrons. The van der Waals surface area contributed by atoms with Crippen LogP contribution in [0.25, 0.3) is 0 Å². The Hall–Kier alpha value is -4.97. The first kappa shape index (κ1) is 28.6. The van der Waals surface area contributed by atoms with Crippen LogP contribution in [0.4, 0.5) is 20.6 Å². The van der Waals surface area contributed by atoms with E-state index in [1.165, 1.54) is 23.4 Å². The van der Waals surface area contributed by atoms with Gasteiger partial charge < -0.3 is 25.3 Å². The average molecular weight is 587 g/mol. The van der Waals surface area contributed by atoms with Crippen LogP contribution in [0.1, 0.15) is 27.2 Å². The zero-order valence-corrected chi connectivity index (χ0v) is 23.4. The van der Waals surface area contributed by atoms with Gasteiger partial charge in [0.2, 0.25) is 6.17 Å². The van der Waals surface area contributed by atoms with Crippen molar-refractivity contribution >= 4 is 46.8 Å². The lowest BCUT2D eigenvalue weighted by Gasteiger charge is -2.25. The normalized spacial score (nSPS) is 14.4. The molecular formula is C30H27FN6O4S. The third-order valence-corrected chi connectivity index (χ3v) is 6.94. The predicted molar refractivity (Wildman–Crippen MR) is 159 cm³/mol. The molecule has 3 aromatic carbocycles. The molecule has 0 unspecified atom stereocenters. The van der Waals surface area contributed by atoms with Crippen LogP contribution in [0.2, 0.25) is 0 Å². The number of imidazole rings is 1. The number of urea groups is 1. The largest absolute Gasteiger partial charge is 0.461 e. The molecule has 0 aliphatic carbocycles. The molecule has 1 atom stereocenters. The fraction of sp³-hybridized carbons (Fsp3) is 0.167. The van der Waals surface area contributed by atoms with Gasteiger partial charge >= 0.3 is 12.0 Å². The number of aliphatic imine (C=N–C) groups is 1. The number of rotatable bonds is 9. The summed E-state index contributed by atoms with van der Waals surface area (Å²) in [4.78, 5) is 52.5. The summed E-state index contributed by atoms with van der Waals surface area (Å²) < 4.78 is 20.3. The number of halogens is 1. The quantitative estimate of drug-likeness (QED) is 0.194. The Morgan fingerprint density at radius 1 is 1.07 bits per heavy atom. The molecule has 3 N–H and O–H groups in total. The lowest BCUT2D eigenvalue weighted by atomic mass is 9.99. The summed E-state index contributed by atoms with van der Waals surface area (Å²) in [5.41, 5.74) is 2.64. The van der Waals surface area contributed by atoms with Crippen LogP contribution < -0.4 is 15.5 Å². The number of thioether (sulfide) groups is 1. The molecule has 0 saturated heterocycles. The third-order valence-electron chi connectivity index (χ3n) is 6.36. The van der Waals surface area contributed by atoms with Crippen molar-refractivity contribution in [1.82, 2.24) is 15.3 Å². The molecule has 5 rings (SSSR count). The van der Waals surface area contributed by atoms with E-state index in [1.54, 1.807) is 78.6 Å². The minimum absolute atomic E-state index is 0.108. The molecule has 1 aliphatic rings. The number of benzodiazepines with no additional fused rings is 1. The van der Waals surface area contributed by atoms with Crippen molar-refractivity contribution in [3.8, 4) is 0 Å². The first-order valence-electron chi connectivity index (χ1n) is 13.0. The Bertz CT molecular complexity index is 1630. The minimum atomic E-state index is -1.41. The predicted octanol–water partition coefficient (Wildman–Crippen LogP) is 4.60. The van der Waals surface area contributed by atoms with E-state index in [9.17, 15) is 14.4 Å². The fourth-order valence-corrected chi connectivity index (χ4v) is 4.66. The van der Waals surface area contributed by atoms with Crippen LogP contribution >= 0.6 is 11.8 Å². The zero-order chi connectivity index (χ0) is 29.5. The van der Waals surface area contributed by atoms with Gasteiger partial charge in [0, 0.05) is 28.8 Å². The van der Waals surface area contributed by atoms with Crippen molar-refractivity contribution < 1.29 is 23.5 Å². The molecule has 214 valence electrons. The lowest BCUT2D eigenvalue weighted by Crippen LogP contribution is -2.48. The van der Waals surface area contributed by atoms with Gasteiger partial charge in [-0.25, -0.2) is 24.0 Å². The maximum Gasteiger partial charge on any atom is 0.338 e. The molecule has 42 heavy (non-hydrogen) atoms. The lowest BCUT2D eigenvalue weighted by molar-refractivity contribution is -0.120. The maximum atomic E-state index is 15.0. The highest BCUT2D eigenvalue weighted by atomic mass is 32.2. The van der Waals surface area contributed by atoms with E-state index in [-0.39, 0.29) is 30.0 Å². The van der Waals surface area contributed by atoms with E-state index < -0.39 is 29.9 Å². The van der Waals surface area contributed by atoms with E-state index in [2.05, 4.69) is 25.6 Å². The topological polar surface area (TPSA) is 129 Å².